The smallest absolute Gasteiger partial charge is 0.188 e. The van der Waals surface area contributed by atoms with E-state index in [0.29, 0.717) is 11.4 Å². The van der Waals surface area contributed by atoms with Crippen LogP contribution in [-0.4, -0.2) is 24.2 Å². The fraction of sp³-hybridized carbons (Fsp3) is 0.600. The molecule has 0 fully saturated rings. The van der Waals surface area contributed by atoms with Crippen molar-refractivity contribution >= 4 is 5.82 Å². The van der Waals surface area contributed by atoms with Crippen molar-refractivity contribution in [1.29, 1.82) is 0 Å². The number of aromatic nitrogens is 2. The van der Waals surface area contributed by atoms with Crippen molar-refractivity contribution in [3.8, 4) is 0 Å². The molecular weight excluding hydrogens is 194 g/mol. The summed E-state index contributed by atoms with van der Waals surface area (Å²) in [5, 5.41) is 0. The van der Waals surface area contributed by atoms with Crippen molar-refractivity contribution in [2.75, 3.05) is 20.0 Å². The van der Waals surface area contributed by atoms with Crippen molar-refractivity contribution in [2.24, 2.45) is 0 Å². The Morgan fingerprint density at radius 3 is 2.27 bits per heavy atom. The summed E-state index contributed by atoms with van der Waals surface area (Å²) in [5.41, 5.74) is 6.46. The Kier molecular flexibility index (Phi) is 3.99. The fourth-order valence-electron chi connectivity index (χ4n) is 1.23. The summed E-state index contributed by atoms with van der Waals surface area (Å²) in [5.74, 6) is 1.38. The molecule has 1 heterocycles. The minimum absolute atomic E-state index is 0.255. The molecule has 0 aromatic carbocycles. The zero-order valence-electron chi connectivity index (χ0n) is 9.52. The maximum absolute atomic E-state index is 5.80. The molecule has 0 atom stereocenters. The monoisotopic (exact) mass is 211 g/mol. The predicted octanol–water partition coefficient (Wildman–Crippen LogP) is 1.47. The van der Waals surface area contributed by atoms with Gasteiger partial charge in [-0.05, 0) is 0 Å². The molecule has 0 unspecified atom stereocenters. The topological polar surface area (TPSA) is 70.3 Å². The summed E-state index contributed by atoms with van der Waals surface area (Å²) in [6.07, 6.45) is 1.14. The van der Waals surface area contributed by atoms with Crippen LogP contribution < -0.4 is 5.73 Å². The maximum Gasteiger partial charge on any atom is 0.188 e. The summed E-state index contributed by atoms with van der Waals surface area (Å²) >= 11 is 0. The number of nitrogens with zero attached hydrogens (tertiary/aromatic N) is 2. The van der Waals surface area contributed by atoms with Crippen LogP contribution >= 0.6 is 0 Å². The molecule has 5 heteroatoms. The Morgan fingerprint density at radius 2 is 1.87 bits per heavy atom. The minimum atomic E-state index is -0.508. The second-order valence-corrected chi connectivity index (χ2v) is 3.53. The molecule has 0 aliphatic heterocycles. The Morgan fingerprint density at radius 1 is 1.27 bits per heavy atom. The highest BCUT2D eigenvalue weighted by Gasteiger charge is 2.15. The largest absolute Gasteiger partial charge is 0.383 e. The van der Waals surface area contributed by atoms with Gasteiger partial charge in [0.2, 0.25) is 0 Å². The van der Waals surface area contributed by atoms with Crippen molar-refractivity contribution in [3.63, 3.8) is 0 Å². The third kappa shape index (κ3) is 2.64. The lowest BCUT2D eigenvalue weighted by Crippen LogP contribution is -2.11. The van der Waals surface area contributed by atoms with Crippen LogP contribution in [0.2, 0.25) is 0 Å². The Bertz CT molecular complexity index is 324. The Labute approximate surface area is 89.6 Å². The van der Waals surface area contributed by atoms with Gasteiger partial charge >= 0.3 is 0 Å². The molecule has 5 nitrogen and oxygen atoms in total. The highest BCUT2D eigenvalue weighted by Crippen LogP contribution is 2.22. The highest BCUT2D eigenvalue weighted by atomic mass is 16.7. The van der Waals surface area contributed by atoms with Gasteiger partial charge in [-0.1, -0.05) is 13.8 Å². The number of rotatable bonds is 4. The summed E-state index contributed by atoms with van der Waals surface area (Å²) < 4.78 is 10.2. The molecular formula is C10H17N3O2. The lowest BCUT2D eigenvalue weighted by Gasteiger charge is -2.15. The number of nitrogen functional groups attached to an aromatic ring is 1. The lowest BCUT2D eigenvalue weighted by atomic mass is 10.2. The molecule has 0 aliphatic rings. The summed E-state index contributed by atoms with van der Waals surface area (Å²) in [6, 6.07) is 0. The van der Waals surface area contributed by atoms with Gasteiger partial charge in [0, 0.05) is 26.3 Å². The zero-order valence-corrected chi connectivity index (χ0v) is 9.52. The van der Waals surface area contributed by atoms with E-state index in [0.717, 1.165) is 5.82 Å². The van der Waals surface area contributed by atoms with E-state index in [1.54, 1.807) is 20.4 Å². The first-order valence-corrected chi connectivity index (χ1v) is 4.78. The molecule has 0 aliphatic carbocycles. The molecule has 0 amide bonds. The van der Waals surface area contributed by atoms with Gasteiger partial charge in [0.25, 0.3) is 0 Å². The van der Waals surface area contributed by atoms with Crippen LogP contribution in [0.5, 0.6) is 0 Å². The second kappa shape index (κ2) is 5.04. The third-order valence-corrected chi connectivity index (χ3v) is 2.07. The molecule has 2 N–H and O–H groups in total. The molecule has 0 saturated carbocycles. The summed E-state index contributed by atoms with van der Waals surface area (Å²) in [6.45, 7) is 4.02. The van der Waals surface area contributed by atoms with Gasteiger partial charge in [-0.2, -0.15) is 0 Å². The van der Waals surface area contributed by atoms with Crippen LogP contribution in [0.25, 0.3) is 0 Å². The predicted molar refractivity (Wildman–Crippen MR) is 57.3 cm³/mol. The van der Waals surface area contributed by atoms with E-state index in [9.17, 15) is 0 Å². The van der Waals surface area contributed by atoms with Crippen LogP contribution in [0, 0.1) is 0 Å². The van der Waals surface area contributed by atoms with Crippen molar-refractivity contribution < 1.29 is 9.47 Å². The second-order valence-electron chi connectivity index (χ2n) is 3.53. The van der Waals surface area contributed by atoms with E-state index in [-0.39, 0.29) is 5.92 Å². The Balaban J connectivity index is 3.02. The van der Waals surface area contributed by atoms with Crippen LogP contribution in [0.4, 0.5) is 5.82 Å². The number of methoxy groups -OCH3 is 2. The maximum atomic E-state index is 5.80. The van der Waals surface area contributed by atoms with E-state index in [1.807, 2.05) is 13.8 Å². The van der Waals surface area contributed by atoms with Gasteiger partial charge in [0.05, 0.1) is 5.56 Å². The van der Waals surface area contributed by atoms with Gasteiger partial charge < -0.3 is 15.2 Å². The number of hydrogen-bond acceptors (Lipinski definition) is 5. The quantitative estimate of drug-likeness (QED) is 0.764. The van der Waals surface area contributed by atoms with E-state index < -0.39 is 6.29 Å². The molecule has 0 radical (unpaired) electrons. The van der Waals surface area contributed by atoms with Crippen molar-refractivity contribution in [3.05, 3.63) is 17.6 Å². The molecule has 84 valence electrons. The molecule has 1 rings (SSSR count). The number of ether oxygens (including phenoxy) is 2. The van der Waals surface area contributed by atoms with Gasteiger partial charge in [-0.25, -0.2) is 9.97 Å². The minimum Gasteiger partial charge on any atom is -0.383 e. The summed E-state index contributed by atoms with van der Waals surface area (Å²) in [4.78, 5) is 8.40. The van der Waals surface area contributed by atoms with E-state index in [2.05, 4.69) is 9.97 Å². The first kappa shape index (κ1) is 11.9. The van der Waals surface area contributed by atoms with Gasteiger partial charge in [0.15, 0.2) is 6.29 Å². The number of hydrogen-bond donors (Lipinski definition) is 1. The first-order valence-electron chi connectivity index (χ1n) is 4.78. The summed E-state index contributed by atoms with van der Waals surface area (Å²) in [7, 11) is 3.09. The standard InChI is InChI=1S/C10H17N3O2/c1-6(2)9-12-5-7(8(11)13-9)10(14-3)15-4/h5-6,10H,1-4H3,(H2,11,12,13). The van der Waals surface area contributed by atoms with E-state index in [1.165, 1.54) is 0 Å². The third-order valence-electron chi connectivity index (χ3n) is 2.07. The average molecular weight is 211 g/mol. The number of nitrogens with two attached hydrogens (primary N) is 1. The first-order chi connectivity index (χ1) is 7.10. The molecule has 0 bridgehead atoms. The number of anilines is 1. The zero-order chi connectivity index (χ0) is 11.4. The van der Waals surface area contributed by atoms with Gasteiger partial charge in [0.1, 0.15) is 11.6 Å². The van der Waals surface area contributed by atoms with Crippen LogP contribution in [-0.2, 0) is 9.47 Å². The normalized spacial score (nSPS) is 11.3. The van der Waals surface area contributed by atoms with Crippen LogP contribution in [0.1, 0.15) is 37.4 Å². The molecule has 1 aromatic heterocycles. The lowest BCUT2D eigenvalue weighted by molar-refractivity contribution is -0.105. The molecule has 0 saturated heterocycles. The van der Waals surface area contributed by atoms with Gasteiger partial charge in [-0.15, -0.1) is 0 Å². The van der Waals surface area contributed by atoms with Crippen LogP contribution in [0.15, 0.2) is 6.20 Å². The van der Waals surface area contributed by atoms with Gasteiger partial charge in [-0.3, -0.25) is 0 Å². The molecule has 15 heavy (non-hydrogen) atoms. The Hall–Kier alpha value is -1.20. The SMILES string of the molecule is COC(OC)c1cnc(C(C)C)nc1N. The fourth-order valence-corrected chi connectivity index (χ4v) is 1.23. The molecule has 0 spiro atoms. The average Bonchev–Trinajstić information content (AvgIpc) is 2.21. The molecule has 1 aromatic rings. The van der Waals surface area contributed by atoms with Crippen LogP contribution in [0.3, 0.4) is 0 Å². The van der Waals surface area contributed by atoms with E-state index >= 15 is 0 Å². The van der Waals surface area contributed by atoms with E-state index in [4.69, 9.17) is 15.2 Å². The van der Waals surface area contributed by atoms with Crippen molar-refractivity contribution in [2.45, 2.75) is 26.1 Å². The highest BCUT2D eigenvalue weighted by molar-refractivity contribution is 5.38. The van der Waals surface area contributed by atoms with Crippen molar-refractivity contribution in [1.82, 2.24) is 9.97 Å².